The van der Waals surface area contributed by atoms with E-state index in [1.807, 2.05) is 31.2 Å². The smallest absolute Gasteiger partial charge is 0.191 e. The molecule has 0 bridgehead atoms. The average molecular weight is 345 g/mol. The number of halogens is 1. The van der Waals surface area contributed by atoms with E-state index in [-0.39, 0.29) is 5.82 Å². The van der Waals surface area contributed by atoms with Crippen LogP contribution in [-0.4, -0.2) is 26.7 Å². The molecule has 25 heavy (non-hydrogen) atoms. The van der Waals surface area contributed by atoms with Crippen LogP contribution in [0.5, 0.6) is 11.5 Å². The van der Waals surface area contributed by atoms with Crippen molar-refractivity contribution in [1.82, 2.24) is 10.6 Å². The third-order valence-corrected chi connectivity index (χ3v) is 3.58. The fourth-order valence-corrected chi connectivity index (χ4v) is 2.42. The molecule has 0 unspecified atom stereocenters. The number of para-hydroxylation sites is 1. The maximum Gasteiger partial charge on any atom is 0.191 e. The third kappa shape index (κ3) is 5.38. The molecule has 0 amide bonds. The molecule has 2 aromatic carbocycles. The van der Waals surface area contributed by atoms with Crippen molar-refractivity contribution in [3.63, 3.8) is 0 Å². The van der Waals surface area contributed by atoms with Gasteiger partial charge in [0.25, 0.3) is 0 Å². The highest BCUT2D eigenvalue weighted by Crippen LogP contribution is 2.30. The molecule has 0 aliphatic rings. The summed E-state index contributed by atoms with van der Waals surface area (Å²) < 4.78 is 24.0. The van der Waals surface area contributed by atoms with Crippen LogP contribution in [0.3, 0.4) is 0 Å². The molecule has 0 saturated heterocycles. The lowest BCUT2D eigenvalue weighted by atomic mass is 10.2. The Morgan fingerprint density at radius 1 is 1.08 bits per heavy atom. The van der Waals surface area contributed by atoms with E-state index in [1.54, 1.807) is 20.3 Å². The van der Waals surface area contributed by atoms with Gasteiger partial charge < -0.3 is 20.1 Å². The van der Waals surface area contributed by atoms with Gasteiger partial charge >= 0.3 is 0 Å². The van der Waals surface area contributed by atoms with Crippen LogP contribution in [0.4, 0.5) is 4.39 Å². The van der Waals surface area contributed by atoms with Gasteiger partial charge in [0.1, 0.15) is 5.82 Å². The number of rotatable bonds is 7. The number of ether oxygens (including phenoxy) is 2. The van der Waals surface area contributed by atoms with Crippen molar-refractivity contribution in [3.8, 4) is 11.5 Å². The number of methoxy groups -OCH3 is 2. The third-order valence-electron chi connectivity index (χ3n) is 3.58. The Morgan fingerprint density at radius 2 is 1.88 bits per heavy atom. The van der Waals surface area contributed by atoms with Crippen molar-refractivity contribution in [2.45, 2.75) is 20.0 Å². The Morgan fingerprint density at radius 3 is 2.56 bits per heavy atom. The lowest BCUT2D eigenvalue weighted by Gasteiger charge is -2.15. The topological polar surface area (TPSA) is 54.9 Å². The van der Waals surface area contributed by atoms with Crippen molar-refractivity contribution in [3.05, 3.63) is 59.4 Å². The average Bonchev–Trinajstić information content (AvgIpc) is 2.63. The Labute approximate surface area is 147 Å². The van der Waals surface area contributed by atoms with Crippen LogP contribution in [0, 0.1) is 5.82 Å². The Hall–Kier alpha value is -2.76. The summed E-state index contributed by atoms with van der Waals surface area (Å²) in [5.41, 5.74) is 1.77. The molecule has 0 atom stereocenters. The van der Waals surface area contributed by atoms with Crippen LogP contribution in [0.25, 0.3) is 0 Å². The van der Waals surface area contributed by atoms with Gasteiger partial charge in [0.15, 0.2) is 17.5 Å². The number of guanidine groups is 1. The quantitative estimate of drug-likeness (QED) is 0.598. The highest BCUT2D eigenvalue weighted by atomic mass is 19.1. The van der Waals surface area contributed by atoms with Gasteiger partial charge in [-0.15, -0.1) is 0 Å². The highest BCUT2D eigenvalue weighted by Gasteiger charge is 2.09. The largest absolute Gasteiger partial charge is 0.493 e. The fraction of sp³-hybridized carbons (Fsp3) is 0.316. The van der Waals surface area contributed by atoms with E-state index >= 15 is 0 Å². The van der Waals surface area contributed by atoms with E-state index < -0.39 is 0 Å². The number of hydrogen-bond acceptors (Lipinski definition) is 3. The second-order valence-electron chi connectivity index (χ2n) is 5.33. The Balaban J connectivity index is 2.08. The van der Waals surface area contributed by atoms with E-state index in [1.165, 1.54) is 12.1 Å². The van der Waals surface area contributed by atoms with Crippen LogP contribution < -0.4 is 20.1 Å². The maximum absolute atomic E-state index is 13.3. The molecule has 0 radical (unpaired) electrons. The minimum absolute atomic E-state index is 0.258. The van der Waals surface area contributed by atoms with E-state index in [9.17, 15) is 4.39 Å². The Kier molecular flexibility index (Phi) is 7.07. The molecule has 2 N–H and O–H groups in total. The fourth-order valence-electron chi connectivity index (χ4n) is 2.42. The van der Waals surface area contributed by atoms with Crippen molar-refractivity contribution in [2.24, 2.45) is 4.99 Å². The van der Waals surface area contributed by atoms with Crippen molar-refractivity contribution in [1.29, 1.82) is 0 Å². The zero-order valence-electron chi connectivity index (χ0n) is 14.8. The summed E-state index contributed by atoms with van der Waals surface area (Å²) in [4.78, 5) is 4.49. The van der Waals surface area contributed by atoms with Crippen molar-refractivity contribution >= 4 is 5.96 Å². The van der Waals surface area contributed by atoms with E-state index in [0.717, 1.165) is 17.7 Å². The van der Waals surface area contributed by atoms with Gasteiger partial charge in [-0.1, -0.05) is 24.3 Å². The summed E-state index contributed by atoms with van der Waals surface area (Å²) in [5, 5.41) is 6.43. The summed E-state index contributed by atoms with van der Waals surface area (Å²) in [5.74, 6) is 1.77. The molecule has 0 aromatic heterocycles. The van der Waals surface area contributed by atoms with Crippen LogP contribution in [-0.2, 0) is 13.1 Å². The van der Waals surface area contributed by atoms with E-state index in [2.05, 4.69) is 15.6 Å². The van der Waals surface area contributed by atoms with E-state index in [0.29, 0.717) is 30.5 Å². The van der Waals surface area contributed by atoms with Gasteiger partial charge in [-0.05, 0) is 30.7 Å². The second-order valence-corrected chi connectivity index (χ2v) is 5.33. The molecular formula is C19H24FN3O2. The summed E-state index contributed by atoms with van der Waals surface area (Å²) in [6.45, 7) is 3.63. The monoisotopic (exact) mass is 345 g/mol. The predicted octanol–water partition coefficient (Wildman–Crippen LogP) is 3.10. The number of benzene rings is 2. The van der Waals surface area contributed by atoms with Gasteiger partial charge in [0.05, 0.1) is 20.8 Å². The van der Waals surface area contributed by atoms with Crippen molar-refractivity contribution < 1.29 is 13.9 Å². The molecule has 0 spiro atoms. The zero-order valence-corrected chi connectivity index (χ0v) is 14.8. The van der Waals surface area contributed by atoms with E-state index in [4.69, 9.17) is 9.47 Å². The number of hydrogen-bond donors (Lipinski definition) is 2. The van der Waals surface area contributed by atoms with Crippen molar-refractivity contribution in [2.75, 3.05) is 20.8 Å². The zero-order chi connectivity index (χ0) is 18.1. The summed E-state index contributed by atoms with van der Waals surface area (Å²) in [7, 11) is 3.23. The van der Waals surface area contributed by atoms with Crippen LogP contribution >= 0.6 is 0 Å². The molecule has 6 heteroatoms. The molecule has 0 fully saturated rings. The summed E-state index contributed by atoms with van der Waals surface area (Å²) >= 11 is 0. The SMILES string of the molecule is CCNC(=NCc1cccc(F)c1)NCc1cccc(OC)c1OC. The minimum Gasteiger partial charge on any atom is -0.493 e. The Bertz CT molecular complexity index is 720. The standard InChI is InChI=1S/C19H24FN3O2/c1-4-21-19(22-12-14-7-5-9-16(20)11-14)23-13-15-8-6-10-17(24-2)18(15)25-3/h5-11H,4,12-13H2,1-3H3,(H2,21,22,23). The minimum atomic E-state index is -0.258. The van der Waals surface area contributed by atoms with Gasteiger partial charge in [-0.25, -0.2) is 9.38 Å². The van der Waals surface area contributed by atoms with Crippen LogP contribution in [0.15, 0.2) is 47.5 Å². The predicted molar refractivity (Wildman–Crippen MR) is 97.6 cm³/mol. The first kappa shape index (κ1) is 18.6. The molecule has 2 aromatic rings. The van der Waals surface area contributed by atoms with Gasteiger partial charge in [-0.2, -0.15) is 0 Å². The second kappa shape index (κ2) is 9.52. The number of nitrogens with zero attached hydrogens (tertiary/aromatic N) is 1. The molecule has 2 rings (SSSR count). The van der Waals surface area contributed by atoms with Crippen LogP contribution in [0.2, 0.25) is 0 Å². The normalized spacial score (nSPS) is 11.1. The molecule has 0 saturated carbocycles. The number of aliphatic imine (C=N–C) groups is 1. The molecule has 134 valence electrons. The molecule has 0 heterocycles. The first-order valence-corrected chi connectivity index (χ1v) is 8.14. The molecule has 0 aliphatic carbocycles. The van der Waals surface area contributed by atoms with Gasteiger partial charge in [0.2, 0.25) is 0 Å². The summed E-state index contributed by atoms with van der Waals surface area (Å²) in [6.07, 6.45) is 0. The van der Waals surface area contributed by atoms with Crippen LogP contribution in [0.1, 0.15) is 18.1 Å². The summed E-state index contributed by atoms with van der Waals surface area (Å²) in [6, 6.07) is 12.2. The lowest BCUT2D eigenvalue weighted by Crippen LogP contribution is -2.36. The first-order chi connectivity index (χ1) is 12.2. The molecular weight excluding hydrogens is 321 g/mol. The molecule has 5 nitrogen and oxygen atoms in total. The van der Waals surface area contributed by atoms with Gasteiger partial charge in [0, 0.05) is 18.7 Å². The lowest BCUT2D eigenvalue weighted by molar-refractivity contribution is 0.351. The number of nitrogens with one attached hydrogen (secondary N) is 2. The maximum atomic E-state index is 13.3. The van der Waals surface area contributed by atoms with Gasteiger partial charge in [-0.3, -0.25) is 0 Å². The first-order valence-electron chi connectivity index (χ1n) is 8.14. The highest BCUT2D eigenvalue weighted by molar-refractivity contribution is 5.79. The molecule has 0 aliphatic heterocycles.